The first-order valence-corrected chi connectivity index (χ1v) is 5.96. The first-order valence-electron chi connectivity index (χ1n) is 5.96. The lowest BCUT2D eigenvalue weighted by Gasteiger charge is -2.26. The molecular weight excluding hydrogens is 158 g/mol. The molecule has 1 aliphatic carbocycles. The lowest BCUT2D eigenvalue weighted by atomic mass is 10.0. The molecule has 0 bridgehead atoms. The maximum absolute atomic E-state index is 2.76. The van der Waals surface area contributed by atoms with E-state index in [0.29, 0.717) is 0 Å². The molecule has 76 valence electrons. The predicted molar refractivity (Wildman–Crippen MR) is 56.7 cm³/mol. The van der Waals surface area contributed by atoms with Crippen LogP contribution in [0.2, 0.25) is 0 Å². The fourth-order valence-corrected chi connectivity index (χ4v) is 2.82. The van der Waals surface area contributed by atoms with Gasteiger partial charge in [-0.25, -0.2) is 0 Å². The first-order chi connectivity index (χ1) is 6.22. The molecule has 0 N–H and O–H groups in total. The minimum Gasteiger partial charge on any atom is -0.300 e. The van der Waals surface area contributed by atoms with Crippen LogP contribution in [-0.2, 0) is 0 Å². The molecule has 3 unspecified atom stereocenters. The summed E-state index contributed by atoms with van der Waals surface area (Å²) in [6.45, 7) is 9.89. The van der Waals surface area contributed by atoms with Crippen molar-refractivity contribution in [3.05, 3.63) is 0 Å². The topological polar surface area (TPSA) is 3.24 Å². The zero-order valence-corrected chi connectivity index (χ0v) is 9.29. The van der Waals surface area contributed by atoms with Crippen LogP contribution in [0.5, 0.6) is 0 Å². The fourth-order valence-electron chi connectivity index (χ4n) is 2.82. The number of nitrogens with zero attached hydrogens (tertiary/aromatic N) is 1. The summed E-state index contributed by atoms with van der Waals surface area (Å²) in [6.07, 6.45) is 4.36. The lowest BCUT2D eigenvalue weighted by Crippen LogP contribution is -2.34. The number of hydrogen-bond donors (Lipinski definition) is 0. The van der Waals surface area contributed by atoms with Gasteiger partial charge in [-0.3, -0.25) is 4.90 Å². The van der Waals surface area contributed by atoms with Gasteiger partial charge in [0.25, 0.3) is 0 Å². The molecule has 0 aromatic rings. The van der Waals surface area contributed by atoms with Gasteiger partial charge in [0.1, 0.15) is 0 Å². The van der Waals surface area contributed by atoms with Gasteiger partial charge in [-0.2, -0.15) is 0 Å². The molecule has 1 saturated heterocycles. The van der Waals surface area contributed by atoms with E-state index in [9.17, 15) is 0 Å². The lowest BCUT2D eigenvalue weighted by molar-refractivity contribution is 0.203. The Hall–Kier alpha value is -0.0400. The average molecular weight is 181 g/mol. The summed E-state index contributed by atoms with van der Waals surface area (Å²) >= 11 is 0. The van der Waals surface area contributed by atoms with Crippen molar-refractivity contribution in [2.75, 3.05) is 13.1 Å². The van der Waals surface area contributed by atoms with Crippen LogP contribution in [0.25, 0.3) is 0 Å². The van der Waals surface area contributed by atoms with E-state index in [-0.39, 0.29) is 0 Å². The van der Waals surface area contributed by atoms with Gasteiger partial charge in [0.2, 0.25) is 0 Å². The van der Waals surface area contributed by atoms with Crippen molar-refractivity contribution in [3.63, 3.8) is 0 Å². The average Bonchev–Trinajstić information content (AvgIpc) is 2.84. The Balaban J connectivity index is 1.92. The van der Waals surface area contributed by atoms with E-state index in [1.807, 2.05) is 0 Å². The molecule has 2 fully saturated rings. The second kappa shape index (κ2) is 3.61. The Morgan fingerprint density at radius 1 is 1.15 bits per heavy atom. The summed E-state index contributed by atoms with van der Waals surface area (Å²) in [6, 6.07) is 0.924. The van der Waals surface area contributed by atoms with E-state index in [1.165, 1.54) is 32.4 Å². The van der Waals surface area contributed by atoms with Crippen molar-refractivity contribution in [1.29, 1.82) is 0 Å². The molecule has 2 rings (SSSR count). The molecule has 0 aromatic heterocycles. The van der Waals surface area contributed by atoms with Crippen LogP contribution in [0.3, 0.4) is 0 Å². The molecule has 1 nitrogen and oxygen atoms in total. The molecule has 3 atom stereocenters. The SMILES string of the molecule is CCC(C1CC1)N1CC(C)C(C)C1. The van der Waals surface area contributed by atoms with Gasteiger partial charge in [-0.1, -0.05) is 20.8 Å². The van der Waals surface area contributed by atoms with Gasteiger partial charge < -0.3 is 0 Å². The quantitative estimate of drug-likeness (QED) is 0.647. The summed E-state index contributed by atoms with van der Waals surface area (Å²) in [5, 5.41) is 0. The highest BCUT2D eigenvalue weighted by molar-refractivity contribution is 4.91. The van der Waals surface area contributed by atoms with Gasteiger partial charge in [0.15, 0.2) is 0 Å². The summed E-state index contributed by atoms with van der Waals surface area (Å²) < 4.78 is 0. The largest absolute Gasteiger partial charge is 0.300 e. The van der Waals surface area contributed by atoms with Crippen molar-refractivity contribution in [2.45, 2.75) is 46.1 Å². The van der Waals surface area contributed by atoms with Crippen molar-refractivity contribution >= 4 is 0 Å². The van der Waals surface area contributed by atoms with Gasteiger partial charge in [-0.15, -0.1) is 0 Å². The van der Waals surface area contributed by atoms with Crippen LogP contribution in [0.4, 0.5) is 0 Å². The van der Waals surface area contributed by atoms with Crippen LogP contribution in [-0.4, -0.2) is 24.0 Å². The molecule has 13 heavy (non-hydrogen) atoms. The van der Waals surface area contributed by atoms with Crippen molar-refractivity contribution < 1.29 is 0 Å². The Bertz CT molecular complexity index is 164. The Morgan fingerprint density at radius 3 is 2.08 bits per heavy atom. The third-order valence-corrected chi connectivity index (χ3v) is 4.07. The van der Waals surface area contributed by atoms with Gasteiger partial charge >= 0.3 is 0 Å². The van der Waals surface area contributed by atoms with E-state index < -0.39 is 0 Å². The minimum absolute atomic E-state index is 0.924. The van der Waals surface area contributed by atoms with Crippen LogP contribution < -0.4 is 0 Å². The zero-order chi connectivity index (χ0) is 9.42. The highest BCUT2D eigenvalue weighted by Crippen LogP contribution is 2.39. The molecule has 0 amide bonds. The maximum atomic E-state index is 2.76. The van der Waals surface area contributed by atoms with Crippen LogP contribution in [0.15, 0.2) is 0 Å². The molecule has 0 radical (unpaired) electrons. The van der Waals surface area contributed by atoms with Gasteiger partial charge in [0.05, 0.1) is 0 Å². The minimum atomic E-state index is 0.924. The Morgan fingerprint density at radius 2 is 1.69 bits per heavy atom. The number of hydrogen-bond acceptors (Lipinski definition) is 1. The van der Waals surface area contributed by atoms with E-state index in [0.717, 1.165) is 23.8 Å². The number of rotatable bonds is 3. The van der Waals surface area contributed by atoms with E-state index in [2.05, 4.69) is 25.7 Å². The molecule has 0 aromatic carbocycles. The van der Waals surface area contributed by atoms with Crippen molar-refractivity contribution in [1.82, 2.24) is 4.90 Å². The maximum Gasteiger partial charge on any atom is 0.0121 e. The highest BCUT2D eigenvalue weighted by Gasteiger charge is 2.38. The molecule has 1 heteroatoms. The van der Waals surface area contributed by atoms with Crippen LogP contribution in [0.1, 0.15) is 40.0 Å². The summed E-state index contributed by atoms with van der Waals surface area (Å²) in [5.41, 5.74) is 0. The monoisotopic (exact) mass is 181 g/mol. The van der Waals surface area contributed by atoms with Crippen LogP contribution >= 0.6 is 0 Å². The summed E-state index contributed by atoms with van der Waals surface area (Å²) in [5.74, 6) is 2.91. The van der Waals surface area contributed by atoms with E-state index >= 15 is 0 Å². The van der Waals surface area contributed by atoms with E-state index in [4.69, 9.17) is 0 Å². The van der Waals surface area contributed by atoms with Crippen molar-refractivity contribution in [2.24, 2.45) is 17.8 Å². The predicted octanol–water partition coefficient (Wildman–Crippen LogP) is 2.76. The van der Waals surface area contributed by atoms with E-state index in [1.54, 1.807) is 0 Å². The Labute approximate surface area is 82.5 Å². The van der Waals surface area contributed by atoms with Crippen molar-refractivity contribution in [3.8, 4) is 0 Å². The normalized spacial score (nSPS) is 38.1. The van der Waals surface area contributed by atoms with Gasteiger partial charge in [0, 0.05) is 19.1 Å². The van der Waals surface area contributed by atoms with Crippen LogP contribution in [0, 0.1) is 17.8 Å². The molecular formula is C12H23N. The second-order valence-electron chi connectivity index (χ2n) is 5.22. The smallest absolute Gasteiger partial charge is 0.0121 e. The molecule has 1 saturated carbocycles. The standard InChI is InChI=1S/C12H23N/c1-4-12(11-5-6-11)13-7-9(2)10(3)8-13/h9-12H,4-8H2,1-3H3. The third-order valence-electron chi connectivity index (χ3n) is 4.07. The molecule has 1 aliphatic heterocycles. The van der Waals surface area contributed by atoms with Gasteiger partial charge in [-0.05, 0) is 37.0 Å². The highest BCUT2D eigenvalue weighted by atomic mass is 15.2. The molecule has 1 heterocycles. The molecule has 2 aliphatic rings. The zero-order valence-electron chi connectivity index (χ0n) is 9.29. The summed E-state index contributed by atoms with van der Waals surface area (Å²) in [7, 11) is 0. The molecule has 0 spiro atoms. The second-order valence-corrected chi connectivity index (χ2v) is 5.22. The number of likely N-dealkylation sites (tertiary alicyclic amines) is 1. The summed E-state index contributed by atoms with van der Waals surface area (Å²) in [4.78, 5) is 2.76. The first kappa shape index (κ1) is 9.51. The fraction of sp³-hybridized carbons (Fsp3) is 1.00. The third kappa shape index (κ3) is 1.90. The Kier molecular flexibility index (Phi) is 2.64.